The zero-order valence-electron chi connectivity index (χ0n) is 14.5. The molecule has 0 radical (unpaired) electrons. The highest BCUT2D eigenvalue weighted by atomic mass is 35.5. The normalized spacial score (nSPS) is 22.4. The molecule has 9 heteroatoms. The van der Waals surface area contributed by atoms with Crippen LogP contribution in [-0.4, -0.2) is 66.6 Å². The summed E-state index contributed by atoms with van der Waals surface area (Å²) in [7, 11) is 0. The maximum absolute atomic E-state index is 14.2. The van der Waals surface area contributed by atoms with E-state index in [2.05, 4.69) is 5.32 Å². The number of hydrogen-bond donors (Lipinski definition) is 2. The minimum atomic E-state index is -0.464. The van der Waals surface area contributed by atoms with Crippen molar-refractivity contribution >= 4 is 42.2 Å². The fraction of sp³-hybridized carbons (Fsp3) is 0.529. The number of anilines is 1. The lowest BCUT2D eigenvalue weighted by Gasteiger charge is -2.37. The third-order valence-corrected chi connectivity index (χ3v) is 4.69. The topological polar surface area (TPSA) is 72.9 Å². The van der Waals surface area contributed by atoms with E-state index in [1.54, 1.807) is 17.0 Å². The first kappa shape index (κ1) is 22.6. The van der Waals surface area contributed by atoms with Gasteiger partial charge in [0.2, 0.25) is 5.91 Å². The van der Waals surface area contributed by atoms with Crippen LogP contribution in [0.25, 0.3) is 0 Å². The van der Waals surface area contributed by atoms with Crippen molar-refractivity contribution in [2.45, 2.75) is 25.5 Å². The molecule has 2 unspecified atom stereocenters. The molecule has 2 aliphatic rings. The molecule has 3 rings (SSSR count). The van der Waals surface area contributed by atoms with Crippen LogP contribution >= 0.6 is 24.8 Å². The van der Waals surface area contributed by atoms with Crippen molar-refractivity contribution in [3.63, 3.8) is 0 Å². The van der Waals surface area contributed by atoms with Gasteiger partial charge in [0, 0.05) is 38.3 Å². The summed E-state index contributed by atoms with van der Waals surface area (Å²) in [5.41, 5.74) is 0.817. The van der Waals surface area contributed by atoms with Crippen LogP contribution in [0.2, 0.25) is 0 Å². The number of carbonyl (C=O) groups excluding carboxylic acids is 2. The zero-order valence-corrected chi connectivity index (χ0v) is 16.1. The second-order valence-electron chi connectivity index (χ2n) is 6.39. The van der Waals surface area contributed by atoms with E-state index >= 15 is 0 Å². The molecule has 1 aromatic carbocycles. The Bertz CT molecular complexity index is 654. The summed E-state index contributed by atoms with van der Waals surface area (Å²) < 4.78 is 14.2. The SMILES string of the molecule is CC(=O)c1ccc(N2CCN(C(=O)C3CC(O)CN3)CC2)c(F)c1.Cl.Cl. The van der Waals surface area contributed by atoms with E-state index in [-0.39, 0.29) is 42.5 Å². The van der Waals surface area contributed by atoms with Gasteiger partial charge in [-0.2, -0.15) is 0 Å². The van der Waals surface area contributed by atoms with Crippen LogP contribution in [0, 0.1) is 5.82 Å². The molecule has 2 N–H and O–H groups in total. The highest BCUT2D eigenvalue weighted by Crippen LogP contribution is 2.23. The van der Waals surface area contributed by atoms with Crippen LogP contribution in [0.15, 0.2) is 18.2 Å². The molecule has 2 heterocycles. The number of rotatable bonds is 3. The molecular formula is C17H24Cl2FN3O3. The Balaban J connectivity index is 0.00000169. The molecule has 0 aromatic heterocycles. The Hall–Kier alpha value is -1.41. The number of nitrogens with zero attached hydrogens (tertiary/aromatic N) is 2. The summed E-state index contributed by atoms with van der Waals surface area (Å²) in [6, 6.07) is 4.19. The number of carbonyl (C=O) groups is 2. The second kappa shape index (κ2) is 9.50. The molecule has 1 amide bonds. The molecule has 26 heavy (non-hydrogen) atoms. The monoisotopic (exact) mass is 407 g/mol. The first-order valence-corrected chi connectivity index (χ1v) is 8.21. The first-order valence-electron chi connectivity index (χ1n) is 8.21. The highest BCUT2D eigenvalue weighted by molar-refractivity contribution is 5.94. The number of hydrogen-bond acceptors (Lipinski definition) is 5. The van der Waals surface area contributed by atoms with Gasteiger partial charge in [0.05, 0.1) is 17.8 Å². The van der Waals surface area contributed by atoms with Gasteiger partial charge in [0.15, 0.2) is 5.78 Å². The van der Waals surface area contributed by atoms with E-state index in [9.17, 15) is 19.1 Å². The Labute approximate surface area is 164 Å². The number of aliphatic hydroxyl groups is 1. The van der Waals surface area contributed by atoms with E-state index in [0.29, 0.717) is 50.4 Å². The third kappa shape index (κ3) is 4.85. The molecule has 0 bridgehead atoms. The average Bonchev–Trinajstić information content (AvgIpc) is 3.00. The van der Waals surface area contributed by atoms with Gasteiger partial charge in [-0.3, -0.25) is 9.59 Å². The lowest BCUT2D eigenvalue weighted by atomic mass is 10.1. The molecule has 0 spiro atoms. The van der Waals surface area contributed by atoms with E-state index in [1.165, 1.54) is 13.0 Å². The molecule has 146 valence electrons. The number of piperazine rings is 1. The van der Waals surface area contributed by atoms with Crippen molar-refractivity contribution in [1.29, 1.82) is 0 Å². The molecule has 2 atom stereocenters. The van der Waals surface area contributed by atoms with Gasteiger partial charge in [0.25, 0.3) is 0 Å². The van der Waals surface area contributed by atoms with E-state index in [4.69, 9.17) is 0 Å². The number of aliphatic hydroxyl groups excluding tert-OH is 1. The number of halogens is 3. The quantitative estimate of drug-likeness (QED) is 0.737. The number of amides is 1. The molecule has 0 aliphatic carbocycles. The summed E-state index contributed by atoms with van der Waals surface area (Å²) in [5.74, 6) is -0.580. The molecule has 0 saturated carbocycles. The van der Waals surface area contributed by atoms with Crippen molar-refractivity contribution in [1.82, 2.24) is 10.2 Å². The Morgan fingerprint density at radius 2 is 1.85 bits per heavy atom. The van der Waals surface area contributed by atoms with Gasteiger partial charge >= 0.3 is 0 Å². The van der Waals surface area contributed by atoms with Gasteiger partial charge in [0.1, 0.15) is 5.82 Å². The lowest BCUT2D eigenvalue weighted by Crippen LogP contribution is -2.53. The predicted molar refractivity (Wildman–Crippen MR) is 102 cm³/mol. The molecule has 2 aliphatic heterocycles. The van der Waals surface area contributed by atoms with E-state index in [1.807, 2.05) is 4.90 Å². The van der Waals surface area contributed by atoms with Crippen molar-refractivity contribution in [3.05, 3.63) is 29.6 Å². The minimum Gasteiger partial charge on any atom is -0.392 e. The smallest absolute Gasteiger partial charge is 0.239 e. The average molecular weight is 408 g/mol. The van der Waals surface area contributed by atoms with Crippen molar-refractivity contribution in [3.8, 4) is 0 Å². The fourth-order valence-corrected chi connectivity index (χ4v) is 3.28. The summed E-state index contributed by atoms with van der Waals surface area (Å²) >= 11 is 0. The standard InChI is InChI=1S/C17H22FN3O3.2ClH/c1-11(22)12-2-3-16(14(18)8-12)20-4-6-21(7-5-20)17(24)15-9-13(23)10-19-15;;/h2-3,8,13,15,19,23H,4-7,9-10H2,1H3;2*1H. The summed E-state index contributed by atoms with van der Waals surface area (Å²) in [5, 5.41) is 12.5. The molecule has 6 nitrogen and oxygen atoms in total. The van der Waals surface area contributed by atoms with E-state index < -0.39 is 11.9 Å². The van der Waals surface area contributed by atoms with Crippen molar-refractivity contribution < 1.29 is 19.1 Å². The number of benzene rings is 1. The van der Waals surface area contributed by atoms with Gasteiger partial charge < -0.3 is 20.2 Å². The van der Waals surface area contributed by atoms with Crippen LogP contribution in [0.3, 0.4) is 0 Å². The number of ketones is 1. The van der Waals surface area contributed by atoms with Crippen molar-refractivity contribution in [2.24, 2.45) is 0 Å². The lowest BCUT2D eigenvalue weighted by molar-refractivity contribution is -0.133. The molecule has 2 saturated heterocycles. The summed E-state index contributed by atoms with van der Waals surface area (Å²) in [4.78, 5) is 27.3. The second-order valence-corrected chi connectivity index (χ2v) is 6.39. The van der Waals surface area contributed by atoms with Gasteiger partial charge in [-0.05, 0) is 31.5 Å². The van der Waals surface area contributed by atoms with Gasteiger partial charge in [-0.25, -0.2) is 4.39 Å². The van der Waals surface area contributed by atoms with Crippen LogP contribution in [0.4, 0.5) is 10.1 Å². The number of nitrogens with one attached hydrogen (secondary N) is 1. The Morgan fingerprint density at radius 3 is 2.35 bits per heavy atom. The van der Waals surface area contributed by atoms with Crippen LogP contribution in [0.5, 0.6) is 0 Å². The molecule has 2 fully saturated rings. The third-order valence-electron chi connectivity index (χ3n) is 4.69. The Morgan fingerprint density at radius 1 is 1.19 bits per heavy atom. The van der Waals surface area contributed by atoms with E-state index in [0.717, 1.165) is 0 Å². The van der Waals surface area contributed by atoms with Crippen LogP contribution in [0.1, 0.15) is 23.7 Å². The van der Waals surface area contributed by atoms with Gasteiger partial charge in [-0.1, -0.05) is 0 Å². The molecular weight excluding hydrogens is 384 g/mol. The van der Waals surface area contributed by atoms with Crippen LogP contribution < -0.4 is 10.2 Å². The van der Waals surface area contributed by atoms with Gasteiger partial charge in [-0.15, -0.1) is 24.8 Å². The largest absolute Gasteiger partial charge is 0.392 e. The first-order chi connectivity index (χ1) is 11.5. The minimum absolute atomic E-state index is 0. The summed E-state index contributed by atoms with van der Waals surface area (Å²) in [6.45, 7) is 3.97. The van der Waals surface area contributed by atoms with Crippen LogP contribution in [-0.2, 0) is 4.79 Å². The zero-order chi connectivity index (χ0) is 17.3. The maximum atomic E-state index is 14.2. The Kier molecular flexibility index (Phi) is 8.27. The maximum Gasteiger partial charge on any atom is 0.239 e. The fourth-order valence-electron chi connectivity index (χ4n) is 3.28. The highest BCUT2D eigenvalue weighted by Gasteiger charge is 2.33. The van der Waals surface area contributed by atoms with Crippen molar-refractivity contribution in [2.75, 3.05) is 37.6 Å². The number of β-amino-alcohol motifs (C(OH)–C–C–N with tert-alkyl or cyclic N) is 1. The molecule has 1 aromatic rings. The predicted octanol–water partition coefficient (Wildman–Crippen LogP) is 1.24. The summed E-state index contributed by atoms with van der Waals surface area (Å²) in [6.07, 6.45) is -0.0191. The number of Topliss-reactive ketones (excluding diaryl/α,β-unsaturated/α-hetero) is 1.